The van der Waals surface area contributed by atoms with Crippen molar-refractivity contribution in [2.75, 3.05) is 0 Å². The number of carbonyl (C=O) groups is 1. The van der Waals surface area contributed by atoms with Gasteiger partial charge in [-0.25, -0.2) is 4.98 Å². The lowest BCUT2D eigenvalue weighted by molar-refractivity contribution is 0.0983. The van der Waals surface area contributed by atoms with E-state index in [1.54, 1.807) is 0 Å². The number of H-pyrrole nitrogens is 1. The average Bonchev–Trinajstić information content (AvgIpc) is 2.45. The smallest absolute Gasteiger partial charge is 0.182 e. The number of imidazole rings is 1. The van der Waals surface area contributed by atoms with Gasteiger partial charge in [0.2, 0.25) is 0 Å². The number of aromatic amines is 1. The van der Waals surface area contributed by atoms with Gasteiger partial charge in [-0.05, 0) is 6.92 Å². The number of hydrogen-bond acceptors (Lipinski definition) is 2. The molecule has 1 rings (SSSR count). The highest BCUT2D eigenvalue weighted by Gasteiger charge is 2.11. The molecule has 1 N–H and O–H groups in total. The molecule has 3 heteroatoms. The first kappa shape index (κ1) is 8.97. The summed E-state index contributed by atoms with van der Waals surface area (Å²) in [4.78, 5) is 18.6. The van der Waals surface area contributed by atoms with Crippen LogP contribution in [0.3, 0.4) is 0 Å². The van der Waals surface area contributed by atoms with Crippen LogP contribution in [0.1, 0.15) is 42.3 Å². The van der Waals surface area contributed by atoms with Gasteiger partial charge in [0.15, 0.2) is 5.78 Å². The zero-order chi connectivity index (χ0) is 9.14. The van der Waals surface area contributed by atoms with Gasteiger partial charge in [0, 0.05) is 18.5 Å². The minimum absolute atomic E-state index is 0.114. The van der Waals surface area contributed by atoms with E-state index in [1.165, 1.54) is 0 Å². The van der Waals surface area contributed by atoms with Gasteiger partial charge in [0.05, 0.1) is 0 Å². The Hall–Kier alpha value is -1.12. The van der Waals surface area contributed by atoms with Crippen molar-refractivity contribution in [3.05, 3.63) is 17.2 Å². The third kappa shape index (κ3) is 1.55. The van der Waals surface area contributed by atoms with Crippen LogP contribution in [0.4, 0.5) is 0 Å². The summed E-state index contributed by atoms with van der Waals surface area (Å²) in [6, 6.07) is 0. The molecular formula is C9H14N2O. The fraction of sp³-hybridized carbons (Fsp3) is 0.556. The number of aryl methyl sites for hydroxylation is 2. The van der Waals surface area contributed by atoms with Gasteiger partial charge in [-0.15, -0.1) is 0 Å². The van der Waals surface area contributed by atoms with Crippen molar-refractivity contribution >= 4 is 5.78 Å². The van der Waals surface area contributed by atoms with Crippen molar-refractivity contribution in [2.45, 2.75) is 33.6 Å². The second-order valence-electron chi connectivity index (χ2n) is 2.79. The predicted molar refractivity (Wildman–Crippen MR) is 47.3 cm³/mol. The molecule has 66 valence electrons. The Kier molecular flexibility index (Phi) is 2.63. The maximum atomic E-state index is 11.3. The number of aromatic nitrogens is 2. The standard InChI is InChI=1S/C9H14N2O/c1-4-7(12)9-6(3)10-8(5-2)11-9/h4-5H2,1-3H3,(H,10,11). The van der Waals surface area contributed by atoms with Crippen molar-refractivity contribution < 1.29 is 4.79 Å². The molecule has 0 saturated carbocycles. The van der Waals surface area contributed by atoms with Crippen LogP contribution in [-0.4, -0.2) is 15.8 Å². The summed E-state index contributed by atoms with van der Waals surface area (Å²) in [7, 11) is 0. The summed E-state index contributed by atoms with van der Waals surface area (Å²) in [6.45, 7) is 5.75. The van der Waals surface area contributed by atoms with Crippen molar-refractivity contribution in [1.82, 2.24) is 9.97 Å². The molecule has 12 heavy (non-hydrogen) atoms. The van der Waals surface area contributed by atoms with Gasteiger partial charge in [-0.1, -0.05) is 13.8 Å². The summed E-state index contributed by atoms with van der Waals surface area (Å²) < 4.78 is 0. The summed E-state index contributed by atoms with van der Waals surface area (Å²) in [5.41, 5.74) is 1.49. The third-order valence-corrected chi connectivity index (χ3v) is 1.85. The van der Waals surface area contributed by atoms with Crippen molar-refractivity contribution in [1.29, 1.82) is 0 Å². The van der Waals surface area contributed by atoms with E-state index < -0.39 is 0 Å². The Balaban J connectivity index is 2.99. The Labute approximate surface area is 72.2 Å². The summed E-state index contributed by atoms with van der Waals surface area (Å²) >= 11 is 0. The van der Waals surface area contributed by atoms with Gasteiger partial charge in [0.1, 0.15) is 11.5 Å². The van der Waals surface area contributed by atoms with Crippen LogP contribution in [0.15, 0.2) is 0 Å². The third-order valence-electron chi connectivity index (χ3n) is 1.85. The molecule has 0 amide bonds. The summed E-state index contributed by atoms with van der Waals surface area (Å²) in [5, 5.41) is 0. The summed E-state index contributed by atoms with van der Waals surface area (Å²) in [5.74, 6) is 1.01. The molecule has 0 unspecified atom stereocenters. The van der Waals surface area contributed by atoms with E-state index >= 15 is 0 Å². The van der Waals surface area contributed by atoms with Crippen LogP contribution < -0.4 is 0 Å². The number of hydrogen-bond donors (Lipinski definition) is 1. The maximum absolute atomic E-state index is 11.3. The second kappa shape index (κ2) is 3.52. The van der Waals surface area contributed by atoms with E-state index in [2.05, 4.69) is 9.97 Å². The van der Waals surface area contributed by atoms with Crippen molar-refractivity contribution in [3.8, 4) is 0 Å². The molecule has 3 nitrogen and oxygen atoms in total. The number of Topliss-reactive ketones (excluding diaryl/α,β-unsaturated/α-hetero) is 1. The van der Waals surface area contributed by atoms with Crippen LogP contribution in [0.5, 0.6) is 0 Å². The van der Waals surface area contributed by atoms with Crippen molar-refractivity contribution in [2.24, 2.45) is 0 Å². The van der Waals surface area contributed by atoms with Gasteiger partial charge < -0.3 is 4.98 Å². The number of ketones is 1. The number of rotatable bonds is 3. The summed E-state index contributed by atoms with van der Waals surface area (Å²) in [6.07, 6.45) is 1.37. The van der Waals surface area contributed by atoms with Crippen LogP contribution in [0.25, 0.3) is 0 Å². The molecule has 1 aromatic rings. The number of nitrogens with zero attached hydrogens (tertiary/aromatic N) is 1. The molecule has 0 aliphatic carbocycles. The zero-order valence-corrected chi connectivity index (χ0v) is 7.77. The fourth-order valence-corrected chi connectivity index (χ4v) is 1.13. The van der Waals surface area contributed by atoms with Gasteiger partial charge in [-0.2, -0.15) is 0 Å². The van der Waals surface area contributed by atoms with Gasteiger partial charge in [0.25, 0.3) is 0 Å². The zero-order valence-electron chi connectivity index (χ0n) is 7.77. The van der Waals surface area contributed by atoms with Gasteiger partial charge in [-0.3, -0.25) is 4.79 Å². The molecule has 0 aromatic carbocycles. The molecule has 0 bridgehead atoms. The first-order valence-electron chi connectivity index (χ1n) is 4.27. The number of nitrogens with one attached hydrogen (secondary N) is 1. The average molecular weight is 166 g/mol. The predicted octanol–water partition coefficient (Wildman–Crippen LogP) is 1.87. The Bertz CT molecular complexity index is 289. The molecule has 0 aliphatic heterocycles. The first-order valence-corrected chi connectivity index (χ1v) is 4.27. The van der Waals surface area contributed by atoms with Crippen LogP contribution in [-0.2, 0) is 6.42 Å². The molecule has 0 fully saturated rings. The van der Waals surface area contributed by atoms with E-state index in [9.17, 15) is 4.79 Å². The molecule has 1 aromatic heterocycles. The Morgan fingerprint density at radius 1 is 1.50 bits per heavy atom. The fourth-order valence-electron chi connectivity index (χ4n) is 1.13. The molecule has 0 aliphatic rings. The monoisotopic (exact) mass is 166 g/mol. The molecule has 0 atom stereocenters. The molecule has 0 saturated heterocycles. The molecule has 0 radical (unpaired) electrons. The minimum Gasteiger partial charge on any atom is -0.345 e. The van der Waals surface area contributed by atoms with Crippen molar-refractivity contribution in [3.63, 3.8) is 0 Å². The Morgan fingerprint density at radius 2 is 2.17 bits per heavy atom. The largest absolute Gasteiger partial charge is 0.345 e. The molecule has 0 spiro atoms. The van der Waals surface area contributed by atoms with E-state index in [1.807, 2.05) is 20.8 Å². The SMILES string of the molecule is CCC(=O)c1nc(CC)[nH]c1C. The van der Waals surface area contributed by atoms with Gasteiger partial charge >= 0.3 is 0 Å². The number of carbonyl (C=O) groups excluding carboxylic acids is 1. The minimum atomic E-state index is 0.114. The lowest BCUT2D eigenvalue weighted by Gasteiger charge is -1.90. The van der Waals surface area contributed by atoms with E-state index in [-0.39, 0.29) is 5.78 Å². The second-order valence-corrected chi connectivity index (χ2v) is 2.79. The first-order chi connectivity index (χ1) is 5.69. The lowest BCUT2D eigenvalue weighted by atomic mass is 10.2. The maximum Gasteiger partial charge on any atom is 0.182 e. The lowest BCUT2D eigenvalue weighted by Crippen LogP contribution is -1.99. The topological polar surface area (TPSA) is 45.8 Å². The van der Waals surface area contributed by atoms with Crippen LogP contribution >= 0.6 is 0 Å². The highest BCUT2D eigenvalue weighted by atomic mass is 16.1. The quantitative estimate of drug-likeness (QED) is 0.697. The highest BCUT2D eigenvalue weighted by Crippen LogP contribution is 2.07. The van der Waals surface area contributed by atoms with E-state index in [4.69, 9.17) is 0 Å². The van der Waals surface area contributed by atoms with E-state index in [0.29, 0.717) is 12.1 Å². The highest BCUT2D eigenvalue weighted by molar-refractivity contribution is 5.95. The van der Waals surface area contributed by atoms with Crippen LogP contribution in [0, 0.1) is 6.92 Å². The Morgan fingerprint density at radius 3 is 2.58 bits per heavy atom. The van der Waals surface area contributed by atoms with E-state index in [0.717, 1.165) is 17.9 Å². The normalized spacial score (nSPS) is 10.2. The van der Waals surface area contributed by atoms with Crippen LogP contribution in [0.2, 0.25) is 0 Å². The molecule has 1 heterocycles. The molecular weight excluding hydrogens is 152 g/mol.